The number of carbonyl (C=O) groups excluding carboxylic acids is 1. The lowest BCUT2D eigenvalue weighted by Crippen LogP contribution is -2.47. The maximum Gasteiger partial charge on any atom is 0.168 e. The SMILES string of the molecule is Cc1cccnc1N1CCN(c2ccnc(C=O)c2)CC1. The Kier molecular flexibility index (Phi) is 3.81. The molecule has 0 saturated carbocycles. The van der Waals surface area contributed by atoms with E-state index in [2.05, 4.69) is 32.8 Å². The van der Waals surface area contributed by atoms with Crippen molar-refractivity contribution in [3.05, 3.63) is 47.9 Å². The summed E-state index contributed by atoms with van der Waals surface area (Å²) >= 11 is 0. The molecule has 3 rings (SSSR count). The topological polar surface area (TPSA) is 49.3 Å². The molecule has 2 aromatic heterocycles. The number of pyridine rings is 2. The summed E-state index contributed by atoms with van der Waals surface area (Å²) < 4.78 is 0. The van der Waals surface area contributed by atoms with Crippen LogP contribution < -0.4 is 9.80 Å². The molecule has 0 unspecified atom stereocenters. The van der Waals surface area contributed by atoms with Gasteiger partial charge in [0.15, 0.2) is 6.29 Å². The quantitative estimate of drug-likeness (QED) is 0.805. The van der Waals surface area contributed by atoms with Crippen LogP contribution in [0.2, 0.25) is 0 Å². The Bertz CT molecular complexity index is 636. The summed E-state index contributed by atoms with van der Waals surface area (Å²) in [5, 5.41) is 0. The van der Waals surface area contributed by atoms with Crippen LogP contribution in [0.1, 0.15) is 16.1 Å². The number of aldehydes is 1. The summed E-state index contributed by atoms with van der Waals surface area (Å²) in [5.41, 5.74) is 2.75. The number of carbonyl (C=O) groups is 1. The van der Waals surface area contributed by atoms with Gasteiger partial charge in [-0.2, -0.15) is 0 Å². The average molecular weight is 282 g/mol. The largest absolute Gasteiger partial charge is 0.368 e. The van der Waals surface area contributed by atoms with Gasteiger partial charge in [-0.3, -0.25) is 9.78 Å². The molecule has 1 aliphatic rings. The van der Waals surface area contributed by atoms with Crippen LogP contribution in [0, 0.1) is 6.92 Å². The average Bonchev–Trinajstić information content (AvgIpc) is 2.56. The summed E-state index contributed by atoms with van der Waals surface area (Å²) in [6.45, 7) is 5.78. The van der Waals surface area contributed by atoms with E-state index in [1.165, 1.54) is 5.56 Å². The van der Waals surface area contributed by atoms with Crippen molar-refractivity contribution in [2.45, 2.75) is 6.92 Å². The molecule has 0 aromatic carbocycles. The standard InChI is InChI=1S/C16H18N4O/c1-13-3-2-5-18-16(13)20-9-7-19(8-10-20)15-4-6-17-14(11-15)12-21/h2-6,11-12H,7-10H2,1H3. The number of rotatable bonds is 3. The van der Waals surface area contributed by atoms with Crippen molar-refractivity contribution >= 4 is 17.8 Å². The number of nitrogens with zero attached hydrogens (tertiary/aromatic N) is 4. The van der Waals surface area contributed by atoms with Crippen LogP contribution in [0.4, 0.5) is 11.5 Å². The highest BCUT2D eigenvalue weighted by Crippen LogP contribution is 2.21. The van der Waals surface area contributed by atoms with Gasteiger partial charge in [-0.25, -0.2) is 4.98 Å². The second-order valence-corrected chi connectivity index (χ2v) is 5.17. The molecule has 0 radical (unpaired) electrons. The van der Waals surface area contributed by atoms with E-state index in [-0.39, 0.29) is 0 Å². The van der Waals surface area contributed by atoms with Gasteiger partial charge < -0.3 is 9.80 Å². The number of hydrogen-bond donors (Lipinski definition) is 0. The number of piperazine rings is 1. The molecule has 2 aromatic rings. The summed E-state index contributed by atoms with van der Waals surface area (Å²) in [6, 6.07) is 7.85. The highest BCUT2D eigenvalue weighted by atomic mass is 16.1. The van der Waals surface area contributed by atoms with E-state index in [1.54, 1.807) is 6.20 Å². The highest BCUT2D eigenvalue weighted by Gasteiger charge is 2.19. The van der Waals surface area contributed by atoms with Crippen molar-refractivity contribution in [2.75, 3.05) is 36.0 Å². The van der Waals surface area contributed by atoms with Gasteiger partial charge in [0, 0.05) is 44.3 Å². The van der Waals surface area contributed by atoms with Gasteiger partial charge in [-0.1, -0.05) is 6.07 Å². The molecule has 3 heterocycles. The fraction of sp³-hybridized carbons (Fsp3) is 0.312. The highest BCUT2D eigenvalue weighted by molar-refractivity contribution is 5.74. The lowest BCUT2D eigenvalue weighted by Gasteiger charge is -2.37. The molecule has 0 amide bonds. The first-order chi connectivity index (χ1) is 10.3. The zero-order valence-corrected chi connectivity index (χ0v) is 12.1. The van der Waals surface area contributed by atoms with Gasteiger partial charge in [0.2, 0.25) is 0 Å². The van der Waals surface area contributed by atoms with Crippen LogP contribution in [-0.2, 0) is 0 Å². The van der Waals surface area contributed by atoms with E-state index < -0.39 is 0 Å². The van der Waals surface area contributed by atoms with E-state index in [0.717, 1.165) is 44.0 Å². The van der Waals surface area contributed by atoms with Crippen LogP contribution in [0.15, 0.2) is 36.7 Å². The zero-order valence-electron chi connectivity index (χ0n) is 12.1. The molecule has 1 aliphatic heterocycles. The zero-order chi connectivity index (χ0) is 14.7. The lowest BCUT2D eigenvalue weighted by atomic mass is 10.2. The van der Waals surface area contributed by atoms with Crippen molar-refractivity contribution < 1.29 is 4.79 Å². The third-order valence-electron chi connectivity index (χ3n) is 3.81. The minimum absolute atomic E-state index is 0.482. The maximum absolute atomic E-state index is 10.8. The normalized spacial score (nSPS) is 15.1. The first kappa shape index (κ1) is 13.5. The molecule has 1 saturated heterocycles. The third-order valence-corrected chi connectivity index (χ3v) is 3.81. The van der Waals surface area contributed by atoms with Crippen LogP contribution in [0.5, 0.6) is 0 Å². The molecule has 0 spiro atoms. The smallest absolute Gasteiger partial charge is 0.168 e. The number of aromatic nitrogens is 2. The monoisotopic (exact) mass is 282 g/mol. The predicted octanol–water partition coefficient (Wildman–Crippen LogP) is 1.92. The fourth-order valence-electron chi connectivity index (χ4n) is 2.68. The Hall–Kier alpha value is -2.43. The molecule has 108 valence electrons. The molecule has 5 nitrogen and oxygen atoms in total. The van der Waals surface area contributed by atoms with Crippen molar-refractivity contribution in [1.29, 1.82) is 0 Å². The van der Waals surface area contributed by atoms with Crippen LogP contribution >= 0.6 is 0 Å². The second-order valence-electron chi connectivity index (χ2n) is 5.17. The van der Waals surface area contributed by atoms with Crippen molar-refractivity contribution in [1.82, 2.24) is 9.97 Å². The summed E-state index contributed by atoms with van der Waals surface area (Å²) in [6.07, 6.45) is 4.32. The van der Waals surface area contributed by atoms with Crippen molar-refractivity contribution in [3.63, 3.8) is 0 Å². The van der Waals surface area contributed by atoms with Crippen molar-refractivity contribution in [3.8, 4) is 0 Å². The van der Waals surface area contributed by atoms with E-state index in [9.17, 15) is 4.79 Å². The molecule has 0 N–H and O–H groups in total. The van der Waals surface area contributed by atoms with E-state index in [4.69, 9.17) is 0 Å². The number of hydrogen-bond acceptors (Lipinski definition) is 5. The third kappa shape index (κ3) is 2.86. The van der Waals surface area contributed by atoms with Crippen LogP contribution in [0.3, 0.4) is 0 Å². The van der Waals surface area contributed by atoms with E-state index in [0.29, 0.717) is 5.69 Å². The first-order valence-electron chi connectivity index (χ1n) is 7.10. The van der Waals surface area contributed by atoms with E-state index in [1.807, 2.05) is 24.4 Å². The van der Waals surface area contributed by atoms with Gasteiger partial charge in [-0.15, -0.1) is 0 Å². The van der Waals surface area contributed by atoms with Crippen molar-refractivity contribution in [2.24, 2.45) is 0 Å². The molecular formula is C16H18N4O. The minimum atomic E-state index is 0.482. The molecule has 1 fully saturated rings. The molecule has 5 heteroatoms. The van der Waals surface area contributed by atoms with Gasteiger partial charge >= 0.3 is 0 Å². The summed E-state index contributed by atoms with van der Waals surface area (Å²) in [4.78, 5) is 23.9. The van der Waals surface area contributed by atoms with Gasteiger partial charge in [0.1, 0.15) is 11.5 Å². The molecular weight excluding hydrogens is 264 g/mol. The van der Waals surface area contributed by atoms with Gasteiger partial charge in [-0.05, 0) is 30.7 Å². The Morgan fingerprint density at radius 2 is 1.81 bits per heavy atom. The summed E-state index contributed by atoms with van der Waals surface area (Å²) in [5.74, 6) is 1.07. The van der Waals surface area contributed by atoms with Gasteiger partial charge in [0.25, 0.3) is 0 Å². The second kappa shape index (κ2) is 5.91. The minimum Gasteiger partial charge on any atom is -0.368 e. The summed E-state index contributed by atoms with van der Waals surface area (Å²) in [7, 11) is 0. The Labute approximate surface area is 124 Å². The van der Waals surface area contributed by atoms with Crippen LogP contribution in [0.25, 0.3) is 0 Å². The number of aryl methyl sites for hydroxylation is 1. The maximum atomic E-state index is 10.8. The number of anilines is 2. The van der Waals surface area contributed by atoms with E-state index >= 15 is 0 Å². The lowest BCUT2D eigenvalue weighted by molar-refractivity contribution is 0.111. The Morgan fingerprint density at radius 1 is 1.05 bits per heavy atom. The first-order valence-corrected chi connectivity index (χ1v) is 7.10. The molecule has 0 atom stereocenters. The predicted molar refractivity (Wildman–Crippen MR) is 83.0 cm³/mol. The van der Waals surface area contributed by atoms with Crippen LogP contribution in [-0.4, -0.2) is 42.4 Å². The van der Waals surface area contributed by atoms with Gasteiger partial charge in [0.05, 0.1) is 0 Å². The Morgan fingerprint density at radius 3 is 2.52 bits per heavy atom. The Balaban J connectivity index is 1.70. The molecule has 0 bridgehead atoms. The fourth-order valence-corrected chi connectivity index (χ4v) is 2.68. The molecule has 21 heavy (non-hydrogen) atoms. The molecule has 0 aliphatic carbocycles.